The number of ether oxygens (including phenoxy) is 1. The second kappa shape index (κ2) is 28.4. The molecule has 0 radical (unpaired) electrons. The number of unbranched alkanes of at least 4 members (excludes halogenated alkanes) is 22. The summed E-state index contributed by atoms with van der Waals surface area (Å²) in [5.74, 6) is -0.120. The average Bonchev–Trinajstić information content (AvgIpc) is 2.84. The van der Waals surface area contributed by atoms with Crippen molar-refractivity contribution in [1.82, 2.24) is 0 Å². The molecule has 0 amide bonds. The Balaban J connectivity index is 3.29. The fraction of sp³-hybridized carbons (Fsp3) is 0.935. The van der Waals surface area contributed by atoms with E-state index >= 15 is 0 Å². The lowest BCUT2D eigenvalue weighted by Crippen LogP contribution is -2.13. The molecular formula is C31H60O3. The van der Waals surface area contributed by atoms with E-state index in [1.165, 1.54) is 128 Å². The van der Waals surface area contributed by atoms with Gasteiger partial charge in [0, 0.05) is 12.8 Å². The third kappa shape index (κ3) is 27.4. The zero-order chi connectivity index (χ0) is 25.0. The quantitative estimate of drug-likeness (QED) is 0.0826. The molecule has 0 atom stereocenters. The van der Waals surface area contributed by atoms with E-state index in [1.54, 1.807) is 0 Å². The van der Waals surface area contributed by atoms with Crippen molar-refractivity contribution >= 4 is 11.8 Å². The van der Waals surface area contributed by atoms with E-state index in [1.807, 2.05) is 0 Å². The fourth-order valence-electron chi connectivity index (χ4n) is 4.58. The van der Waals surface area contributed by atoms with Crippen LogP contribution in [0.1, 0.15) is 181 Å². The zero-order valence-corrected chi connectivity index (χ0v) is 23.3. The molecule has 34 heavy (non-hydrogen) atoms. The highest BCUT2D eigenvalue weighted by Crippen LogP contribution is 2.14. The van der Waals surface area contributed by atoms with Crippen molar-refractivity contribution in [3.05, 3.63) is 0 Å². The minimum atomic E-state index is -0.199. The standard InChI is InChI=1S/C31H60O3/c1-3-5-7-9-11-13-15-16-18-20-22-24-26-28-31(33)34-29-30(32)27-25-23-21-19-17-14-12-10-8-6-4-2/h3-29H2,1-2H3. The summed E-state index contributed by atoms with van der Waals surface area (Å²) in [6.45, 7) is 4.51. The van der Waals surface area contributed by atoms with Crippen molar-refractivity contribution in [2.24, 2.45) is 0 Å². The minimum Gasteiger partial charge on any atom is -0.458 e. The summed E-state index contributed by atoms with van der Waals surface area (Å²) >= 11 is 0. The average molecular weight is 481 g/mol. The molecule has 0 unspecified atom stereocenters. The summed E-state index contributed by atoms with van der Waals surface area (Å²) in [7, 11) is 0. The molecule has 0 rings (SSSR count). The molecule has 0 heterocycles. The molecule has 0 aromatic rings. The Hall–Kier alpha value is -0.860. The van der Waals surface area contributed by atoms with E-state index in [9.17, 15) is 9.59 Å². The first-order chi connectivity index (χ1) is 16.7. The highest BCUT2D eigenvalue weighted by atomic mass is 16.5. The molecule has 0 spiro atoms. The Morgan fingerprint density at radius 2 is 0.706 bits per heavy atom. The first-order valence-electron chi connectivity index (χ1n) is 15.4. The van der Waals surface area contributed by atoms with Gasteiger partial charge < -0.3 is 4.74 Å². The number of carbonyl (C=O) groups excluding carboxylic acids is 2. The van der Waals surface area contributed by atoms with Crippen LogP contribution in [-0.2, 0) is 14.3 Å². The number of hydrogen-bond donors (Lipinski definition) is 0. The Kier molecular flexibility index (Phi) is 27.7. The van der Waals surface area contributed by atoms with Crippen LogP contribution in [0.25, 0.3) is 0 Å². The van der Waals surface area contributed by atoms with Gasteiger partial charge in [-0.2, -0.15) is 0 Å². The molecule has 0 aromatic carbocycles. The van der Waals surface area contributed by atoms with Gasteiger partial charge in [0.2, 0.25) is 0 Å². The van der Waals surface area contributed by atoms with Gasteiger partial charge in [-0.15, -0.1) is 0 Å². The summed E-state index contributed by atoms with van der Waals surface area (Å²) < 4.78 is 5.17. The first kappa shape index (κ1) is 33.1. The first-order valence-corrected chi connectivity index (χ1v) is 15.4. The molecule has 0 N–H and O–H groups in total. The number of hydrogen-bond acceptors (Lipinski definition) is 3. The maximum atomic E-state index is 11.9. The van der Waals surface area contributed by atoms with Gasteiger partial charge in [-0.1, -0.05) is 155 Å². The van der Waals surface area contributed by atoms with Gasteiger partial charge in [-0.25, -0.2) is 0 Å². The predicted octanol–water partition coefficient (Wildman–Crippen LogP) is 10.3. The number of carbonyl (C=O) groups is 2. The van der Waals surface area contributed by atoms with Crippen LogP contribution in [0.2, 0.25) is 0 Å². The Bertz CT molecular complexity index is 432. The lowest BCUT2D eigenvalue weighted by molar-refractivity contribution is -0.148. The fourth-order valence-corrected chi connectivity index (χ4v) is 4.58. The van der Waals surface area contributed by atoms with Crippen LogP contribution >= 0.6 is 0 Å². The molecule has 3 heteroatoms. The second-order valence-electron chi connectivity index (χ2n) is 10.5. The van der Waals surface area contributed by atoms with Gasteiger partial charge in [0.1, 0.15) is 6.61 Å². The maximum absolute atomic E-state index is 11.9. The number of Topliss-reactive ketones (excluding diaryl/α,β-unsaturated/α-hetero) is 1. The number of rotatable bonds is 28. The predicted molar refractivity (Wildman–Crippen MR) is 147 cm³/mol. The van der Waals surface area contributed by atoms with Gasteiger partial charge in [0.05, 0.1) is 0 Å². The molecule has 0 aromatic heterocycles. The molecule has 0 fully saturated rings. The molecule has 202 valence electrons. The Morgan fingerprint density at radius 1 is 0.412 bits per heavy atom. The topological polar surface area (TPSA) is 43.4 Å². The van der Waals surface area contributed by atoms with E-state index in [4.69, 9.17) is 4.74 Å². The minimum absolute atomic E-state index is 0.0188. The molecular weight excluding hydrogens is 420 g/mol. The van der Waals surface area contributed by atoms with E-state index in [0.29, 0.717) is 12.8 Å². The van der Waals surface area contributed by atoms with Crippen LogP contribution in [0.5, 0.6) is 0 Å². The summed E-state index contributed by atoms with van der Waals surface area (Å²) in [5.41, 5.74) is 0. The Morgan fingerprint density at radius 3 is 1.06 bits per heavy atom. The van der Waals surface area contributed by atoms with Crippen molar-refractivity contribution in [2.75, 3.05) is 6.61 Å². The van der Waals surface area contributed by atoms with Gasteiger partial charge in [-0.3, -0.25) is 9.59 Å². The lowest BCUT2D eigenvalue weighted by atomic mass is 10.0. The van der Waals surface area contributed by atoms with Crippen LogP contribution in [-0.4, -0.2) is 18.4 Å². The van der Waals surface area contributed by atoms with Crippen molar-refractivity contribution < 1.29 is 14.3 Å². The third-order valence-corrected chi connectivity index (χ3v) is 6.94. The second-order valence-corrected chi connectivity index (χ2v) is 10.5. The van der Waals surface area contributed by atoms with Crippen LogP contribution in [0.15, 0.2) is 0 Å². The van der Waals surface area contributed by atoms with E-state index in [-0.39, 0.29) is 18.4 Å². The van der Waals surface area contributed by atoms with Crippen LogP contribution in [0, 0.1) is 0 Å². The largest absolute Gasteiger partial charge is 0.458 e. The molecule has 0 bridgehead atoms. The lowest BCUT2D eigenvalue weighted by Gasteiger charge is -2.05. The third-order valence-electron chi connectivity index (χ3n) is 6.94. The van der Waals surface area contributed by atoms with E-state index in [2.05, 4.69) is 13.8 Å². The van der Waals surface area contributed by atoms with Crippen LogP contribution in [0.4, 0.5) is 0 Å². The molecule has 3 nitrogen and oxygen atoms in total. The zero-order valence-electron chi connectivity index (χ0n) is 23.3. The Labute approximate surface area is 213 Å². The van der Waals surface area contributed by atoms with Crippen LogP contribution < -0.4 is 0 Å². The molecule has 0 aliphatic rings. The SMILES string of the molecule is CCCCCCCCCCCCCCCC(=O)OCC(=O)CCCCCCCCCCCCC. The van der Waals surface area contributed by atoms with E-state index < -0.39 is 0 Å². The van der Waals surface area contributed by atoms with Gasteiger partial charge in [0.25, 0.3) is 0 Å². The van der Waals surface area contributed by atoms with Gasteiger partial charge in [-0.05, 0) is 12.8 Å². The molecule has 0 aliphatic heterocycles. The highest BCUT2D eigenvalue weighted by Gasteiger charge is 2.07. The number of esters is 1. The normalized spacial score (nSPS) is 11.1. The summed E-state index contributed by atoms with van der Waals surface area (Å²) in [6.07, 6.45) is 32.0. The molecule has 0 saturated carbocycles. The van der Waals surface area contributed by atoms with Gasteiger partial charge >= 0.3 is 5.97 Å². The highest BCUT2D eigenvalue weighted by molar-refractivity contribution is 5.82. The summed E-state index contributed by atoms with van der Waals surface area (Å²) in [5, 5.41) is 0. The number of ketones is 1. The maximum Gasteiger partial charge on any atom is 0.306 e. The van der Waals surface area contributed by atoms with Crippen molar-refractivity contribution in [1.29, 1.82) is 0 Å². The summed E-state index contributed by atoms with van der Waals surface area (Å²) in [6, 6.07) is 0. The molecule has 0 aliphatic carbocycles. The monoisotopic (exact) mass is 480 g/mol. The van der Waals surface area contributed by atoms with Crippen molar-refractivity contribution in [3.8, 4) is 0 Å². The van der Waals surface area contributed by atoms with E-state index in [0.717, 1.165) is 25.7 Å². The smallest absolute Gasteiger partial charge is 0.306 e. The van der Waals surface area contributed by atoms with Crippen molar-refractivity contribution in [2.45, 2.75) is 181 Å². The molecule has 0 saturated heterocycles. The van der Waals surface area contributed by atoms with Gasteiger partial charge in [0.15, 0.2) is 5.78 Å². The van der Waals surface area contributed by atoms with Crippen molar-refractivity contribution in [3.63, 3.8) is 0 Å². The van der Waals surface area contributed by atoms with Crippen LogP contribution in [0.3, 0.4) is 0 Å². The summed E-state index contributed by atoms with van der Waals surface area (Å²) in [4.78, 5) is 23.8.